The lowest BCUT2D eigenvalue weighted by atomic mass is 11.8. The molecule has 1 unspecified atom stereocenters. The van der Waals surface area contributed by atoms with Crippen molar-refractivity contribution in [3.05, 3.63) is 0 Å². The third-order valence-corrected chi connectivity index (χ3v) is 14.4. The van der Waals surface area contributed by atoms with E-state index < -0.39 is 34.0 Å². The minimum Gasteiger partial charge on any atom is -0.437 e. The Labute approximate surface area is 182 Å². The van der Waals surface area contributed by atoms with E-state index in [4.69, 9.17) is 16.8 Å². The van der Waals surface area contributed by atoms with Gasteiger partial charge in [0.15, 0.2) is 16.6 Å². The minimum atomic E-state index is -2.57. The van der Waals surface area contributed by atoms with Crippen LogP contribution in [-0.2, 0) is 16.8 Å². The van der Waals surface area contributed by atoms with Crippen molar-refractivity contribution in [3.63, 3.8) is 0 Å². The maximum Gasteiger partial charge on any atom is 0.478 e. The summed E-state index contributed by atoms with van der Waals surface area (Å²) < 4.78 is 24.1. The Hall–Kier alpha value is 2.17. The molecule has 0 saturated heterocycles. The highest BCUT2D eigenvalue weighted by molar-refractivity contribution is 15.0. The van der Waals surface area contributed by atoms with E-state index in [0.29, 0.717) is 0 Å². The first kappa shape index (κ1) is 40.8. The molecule has 156 valence electrons. The molecule has 0 saturated carbocycles. The fourth-order valence-electron chi connectivity index (χ4n) is 1.87. The van der Waals surface area contributed by atoms with Gasteiger partial charge in [-0.3, -0.25) is 0 Å². The molecule has 0 rings (SSSR count). The molecule has 0 heterocycles. The van der Waals surface area contributed by atoms with E-state index in [1.54, 1.807) is 7.11 Å². The fraction of sp³-hybridized carbons (Fsp3) is 1.00. The van der Waals surface area contributed by atoms with Crippen LogP contribution in [0.15, 0.2) is 0 Å². The number of halogens is 2. The zero-order valence-electron chi connectivity index (χ0n) is 14.4. The Kier molecular flexibility index (Phi) is 27.4. The summed E-state index contributed by atoms with van der Waals surface area (Å²) in [5.41, 5.74) is 0. The van der Waals surface area contributed by atoms with Gasteiger partial charge in [0.1, 0.15) is 0 Å². The second-order valence-electron chi connectivity index (χ2n) is 7.00. The van der Waals surface area contributed by atoms with E-state index in [1.807, 2.05) is 6.55 Å². The molecule has 0 aliphatic rings. The molecule has 0 amide bonds. The maximum atomic E-state index is 6.21. The van der Waals surface area contributed by atoms with Crippen molar-refractivity contribution >= 4 is 71.2 Å². The summed E-state index contributed by atoms with van der Waals surface area (Å²) in [6.45, 7) is 19.1. The Morgan fingerprint density at radius 3 is 1.04 bits per heavy atom. The van der Waals surface area contributed by atoms with Gasteiger partial charge in [0.05, 0.1) is 0 Å². The van der Waals surface area contributed by atoms with Gasteiger partial charge in [-0.15, -0.1) is 0 Å². The zero-order valence-corrected chi connectivity index (χ0v) is 22.7. The van der Waals surface area contributed by atoms with Crippen LogP contribution in [-0.4, -0.2) is 41.1 Å². The van der Waals surface area contributed by atoms with Crippen LogP contribution in [0.4, 0.5) is 0 Å². The lowest BCUT2D eigenvalue weighted by molar-refractivity contribution is 0.191. The van der Waals surface area contributed by atoms with Crippen molar-refractivity contribution in [2.75, 3.05) is 7.11 Å². The van der Waals surface area contributed by atoms with Crippen LogP contribution in [0.2, 0.25) is 58.9 Å². The monoisotopic (exact) mass is 644 g/mol. The lowest BCUT2D eigenvalue weighted by Gasteiger charge is -2.39. The summed E-state index contributed by atoms with van der Waals surface area (Å²) >= 11 is 4.24. The quantitative estimate of drug-likeness (QED) is 0.208. The van der Waals surface area contributed by atoms with E-state index in [9.17, 15) is 0 Å². The standard InChI is InChI=1S/C10H30O4Si4.4CH4.I2/c1-11-18(10,13-16(5,6)7)14-17(8,9)12-15(2,3)4;;;;;1-2/h1-10H3;4*1H4;. The molecule has 0 fully saturated rings. The van der Waals surface area contributed by atoms with Gasteiger partial charge in [-0.05, 0) is 52.4 Å². The van der Waals surface area contributed by atoms with E-state index >= 15 is 0 Å². The van der Waals surface area contributed by atoms with E-state index in [1.165, 1.54) is 0 Å². The van der Waals surface area contributed by atoms with Crippen molar-refractivity contribution < 1.29 is 16.8 Å². The SMILES string of the molecule is C.C.C.C.CO[Si](C)(O[Si](C)(C)C)O[Si](C)(C)O[Si](C)(C)C.II. The number of hydrogen-bond acceptors (Lipinski definition) is 4. The highest BCUT2D eigenvalue weighted by atomic mass is 128. The predicted octanol–water partition coefficient (Wildman–Crippen LogP) is 7.94. The largest absolute Gasteiger partial charge is 0.478 e. The summed E-state index contributed by atoms with van der Waals surface area (Å²) in [6, 6.07) is 0. The highest BCUT2D eigenvalue weighted by Crippen LogP contribution is 2.24. The van der Waals surface area contributed by atoms with Crippen molar-refractivity contribution in [2.24, 2.45) is 0 Å². The molecular formula is C14H46I2O4Si4. The van der Waals surface area contributed by atoms with E-state index in [-0.39, 0.29) is 29.7 Å². The average Bonchev–Trinajstić information content (AvgIpc) is 2.12. The van der Waals surface area contributed by atoms with E-state index in [2.05, 4.69) is 89.6 Å². The predicted molar refractivity (Wildman–Crippen MR) is 141 cm³/mol. The first-order chi connectivity index (χ1) is 8.68. The van der Waals surface area contributed by atoms with Gasteiger partial charge < -0.3 is 16.8 Å². The summed E-state index contributed by atoms with van der Waals surface area (Å²) in [5.74, 6) is 0. The van der Waals surface area contributed by atoms with Gasteiger partial charge in [0, 0.05) is 50.9 Å². The van der Waals surface area contributed by atoms with Crippen LogP contribution in [0.1, 0.15) is 29.7 Å². The first-order valence-corrected chi connectivity index (χ1v) is 24.6. The Morgan fingerprint density at radius 2 is 0.833 bits per heavy atom. The van der Waals surface area contributed by atoms with Crippen LogP contribution in [0.5, 0.6) is 0 Å². The van der Waals surface area contributed by atoms with Gasteiger partial charge >= 0.3 is 17.4 Å². The maximum absolute atomic E-state index is 6.21. The third-order valence-electron chi connectivity index (χ3n) is 1.85. The van der Waals surface area contributed by atoms with Crippen molar-refractivity contribution in [3.8, 4) is 0 Å². The molecule has 0 aromatic carbocycles. The molecule has 10 heteroatoms. The molecule has 24 heavy (non-hydrogen) atoms. The third kappa shape index (κ3) is 24.2. The molecule has 0 aliphatic heterocycles. The smallest absolute Gasteiger partial charge is 0.437 e. The topological polar surface area (TPSA) is 36.9 Å². The zero-order chi connectivity index (χ0) is 16.8. The Morgan fingerprint density at radius 1 is 0.542 bits per heavy atom. The molecule has 0 spiro atoms. The minimum absolute atomic E-state index is 0. The van der Waals surface area contributed by atoms with Crippen molar-refractivity contribution in [1.82, 2.24) is 0 Å². The van der Waals surface area contributed by atoms with Crippen molar-refractivity contribution in [1.29, 1.82) is 0 Å². The van der Waals surface area contributed by atoms with Gasteiger partial charge in [-0.1, -0.05) is 29.7 Å². The molecule has 0 aromatic heterocycles. The van der Waals surface area contributed by atoms with Gasteiger partial charge in [0.25, 0.3) is 0 Å². The van der Waals surface area contributed by atoms with Crippen LogP contribution < -0.4 is 0 Å². The second-order valence-corrected chi connectivity index (χ2v) is 22.8. The lowest BCUT2D eigenvalue weighted by Crippen LogP contribution is -2.58. The molecule has 0 bridgehead atoms. The average molecular weight is 645 g/mol. The number of hydrogen-bond donors (Lipinski definition) is 0. The van der Waals surface area contributed by atoms with Gasteiger partial charge in [0.2, 0.25) is 0 Å². The first-order valence-electron chi connectivity index (χ1n) is 6.48. The summed E-state index contributed by atoms with van der Waals surface area (Å²) in [6.07, 6.45) is 0. The highest BCUT2D eigenvalue weighted by Gasteiger charge is 2.46. The summed E-state index contributed by atoms with van der Waals surface area (Å²) in [4.78, 5) is 0. The molecule has 4 nitrogen and oxygen atoms in total. The van der Waals surface area contributed by atoms with Crippen LogP contribution in [0.25, 0.3) is 0 Å². The molecule has 0 radical (unpaired) electrons. The van der Waals surface area contributed by atoms with Crippen LogP contribution in [0, 0.1) is 0 Å². The molecule has 0 N–H and O–H groups in total. The second kappa shape index (κ2) is 16.2. The Bertz CT molecular complexity index is 285. The van der Waals surface area contributed by atoms with Crippen molar-refractivity contribution in [2.45, 2.75) is 88.6 Å². The van der Waals surface area contributed by atoms with Gasteiger partial charge in [-0.25, -0.2) is 0 Å². The van der Waals surface area contributed by atoms with Gasteiger partial charge in [-0.2, -0.15) is 0 Å². The number of rotatable bonds is 7. The van der Waals surface area contributed by atoms with Crippen LogP contribution in [0.3, 0.4) is 0 Å². The summed E-state index contributed by atoms with van der Waals surface area (Å²) in [5, 5.41) is 0. The molecule has 0 aliphatic carbocycles. The molecule has 1 atom stereocenters. The van der Waals surface area contributed by atoms with E-state index in [0.717, 1.165) is 0 Å². The molecule has 0 aromatic rings. The van der Waals surface area contributed by atoms with Crippen LogP contribution >= 0.6 is 37.2 Å². The Balaban J connectivity index is -0.000000130. The fourth-order valence-corrected chi connectivity index (χ4v) is 17.5. The normalized spacial score (nSPS) is 13.5. The molecular weight excluding hydrogens is 598 g/mol. The summed E-state index contributed by atoms with van der Waals surface area (Å²) in [7, 11) is -6.39.